The number of ether oxygens (including phenoxy) is 1. The fourth-order valence-corrected chi connectivity index (χ4v) is 4.56. The van der Waals surface area contributed by atoms with E-state index in [1.165, 1.54) is 6.20 Å². The van der Waals surface area contributed by atoms with E-state index in [0.717, 1.165) is 33.5 Å². The lowest BCUT2D eigenvalue weighted by Crippen LogP contribution is -2.25. The number of rotatable bonds is 8. The minimum atomic E-state index is -0.696. The van der Waals surface area contributed by atoms with Crippen molar-refractivity contribution in [3.63, 3.8) is 0 Å². The number of hydrogen-bond acceptors (Lipinski definition) is 5. The van der Waals surface area contributed by atoms with Crippen LogP contribution in [0.25, 0.3) is 22.3 Å². The van der Waals surface area contributed by atoms with E-state index < -0.39 is 11.6 Å². The molecular formula is C36H33N3O3. The maximum absolute atomic E-state index is 13.5. The Morgan fingerprint density at radius 1 is 0.714 bits per heavy atom. The predicted octanol–water partition coefficient (Wildman–Crippen LogP) is 8.24. The highest BCUT2D eigenvalue weighted by Crippen LogP contribution is 2.33. The molecule has 0 unspecified atom stereocenters. The Morgan fingerprint density at radius 3 is 2.14 bits per heavy atom. The van der Waals surface area contributed by atoms with Gasteiger partial charge in [0.2, 0.25) is 0 Å². The molecule has 6 nitrogen and oxygen atoms in total. The van der Waals surface area contributed by atoms with Gasteiger partial charge in [0.15, 0.2) is 0 Å². The third kappa shape index (κ3) is 7.09. The summed E-state index contributed by atoms with van der Waals surface area (Å²) in [6.07, 6.45) is 3.24. The second kappa shape index (κ2) is 12.5. The topological polar surface area (TPSA) is 80.3 Å². The summed E-state index contributed by atoms with van der Waals surface area (Å²) in [6, 6.07) is 35.0. The van der Waals surface area contributed by atoms with E-state index in [2.05, 4.69) is 27.8 Å². The fraction of sp³-hybridized carbons (Fsp3) is 0.139. The number of pyridine rings is 1. The van der Waals surface area contributed by atoms with Gasteiger partial charge in [0.1, 0.15) is 5.60 Å². The van der Waals surface area contributed by atoms with Crippen molar-refractivity contribution in [3.8, 4) is 22.3 Å². The van der Waals surface area contributed by atoms with Crippen molar-refractivity contribution < 1.29 is 14.3 Å². The third-order valence-electron chi connectivity index (χ3n) is 6.56. The molecule has 42 heavy (non-hydrogen) atoms. The summed E-state index contributed by atoms with van der Waals surface area (Å²) < 4.78 is 5.67. The van der Waals surface area contributed by atoms with Gasteiger partial charge in [-0.15, -0.1) is 0 Å². The minimum absolute atomic E-state index is 0.268. The Balaban J connectivity index is 1.48. The number of nitrogens with zero attached hydrogens (tertiary/aromatic N) is 1. The number of aromatic nitrogens is 1. The van der Waals surface area contributed by atoms with Gasteiger partial charge >= 0.3 is 5.97 Å². The van der Waals surface area contributed by atoms with Gasteiger partial charge in [-0.2, -0.15) is 0 Å². The highest BCUT2D eigenvalue weighted by molar-refractivity contribution is 6.09. The number of carbonyl (C=O) groups is 2. The Labute approximate surface area is 246 Å². The van der Waals surface area contributed by atoms with Crippen LogP contribution in [0.15, 0.2) is 122 Å². The van der Waals surface area contributed by atoms with E-state index >= 15 is 0 Å². The second-order valence-corrected chi connectivity index (χ2v) is 10.9. The van der Waals surface area contributed by atoms with Crippen LogP contribution in [0.1, 0.15) is 47.1 Å². The van der Waals surface area contributed by atoms with Gasteiger partial charge in [-0.05, 0) is 61.7 Å². The van der Waals surface area contributed by atoms with E-state index in [4.69, 9.17) is 4.74 Å². The normalized spacial score (nSPS) is 11.0. The molecule has 5 rings (SSSR count). The summed E-state index contributed by atoms with van der Waals surface area (Å²) in [5.41, 5.74) is 5.95. The molecular weight excluding hydrogens is 522 g/mol. The zero-order valence-electron chi connectivity index (χ0n) is 23.9. The average Bonchev–Trinajstić information content (AvgIpc) is 3.00. The van der Waals surface area contributed by atoms with Crippen molar-refractivity contribution in [3.05, 3.63) is 138 Å². The predicted molar refractivity (Wildman–Crippen MR) is 168 cm³/mol. The zero-order valence-corrected chi connectivity index (χ0v) is 23.9. The third-order valence-corrected chi connectivity index (χ3v) is 6.56. The Kier molecular flexibility index (Phi) is 8.44. The molecule has 0 radical (unpaired) electrons. The second-order valence-electron chi connectivity index (χ2n) is 10.9. The molecule has 6 heteroatoms. The van der Waals surface area contributed by atoms with Gasteiger partial charge in [0.25, 0.3) is 5.91 Å². The van der Waals surface area contributed by atoms with Crippen molar-refractivity contribution in [1.29, 1.82) is 0 Å². The molecule has 1 aromatic heterocycles. The first-order chi connectivity index (χ1) is 20.3. The number of carbonyl (C=O) groups excluding carboxylic acids is 2. The van der Waals surface area contributed by atoms with Crippen molar-refractivity contribution in [2.45, 2.75) is 32.9 Å². The highest BCUT2D eigenvalue weighted by atomic mass is 16.6. The number of esters is 1. The Hall–Kier alpha value is -5.23. The summed E-state index contributed by atoms with van der Waals surface area (Å²) in [5, 5.41) is 6.48. The first-order valence-corrected chi connectivity index (χ1v) is 13.8. The van der Waals surface area contributed by atoms with Crippen LogP contribution in [0, 0.1) is 0 Å². The van der Waals surface area contributed by atoms with Crippen molar-refractivity contribution in [1.82, 2.24) is 4.98 Å². The lowest BCUT2D eigenvalue weighted by atomic mass is 9.99. The monoisotopic (exact) mass is 555 g/mol. The van der Waals surface area contributed by atoms with Crippen LogP contribution in [-0.2, 0) is 11.3 Å². The van der Waals surface area contributed by atoms with E-state index in [1.54, 1.807) is 18.3 Å². The van der Waals surface area contributed by atoms with Crippen LogP contribution in [0.4, 0.5) is 11.4 Å². The molecule has 0 aliphatic heterocycles. The SMILES string of the molecule is CC(C)(C)OC(=O)c1ccc(-c2ccccc2NCc2ccccc2)cc1NC(=O)c1cncc(-c2ccccc2)c1. The van der Waals surface area contributed by atoms with E-state index in [1.807, 2.05) is 106 Å². The van der Waals surface area contributed by atoms with E-state index in [9.17, 15) is 9.59 Å². The molecule has 5 aromatic rings. The summed E-state index contributed by atoms with van der Waals surface area (Å²) in [4.78, 5) is 31.0. The standard InChI is InChI=1S/C36H33N3O3/c1-36(2,3)42-35(41)31-19-18-27(30-16-10-11-17-32(30)38-22-25-12-6-4-7-13-25)21-33(31)39-34(40)29-20-28(23-37-24-29)26-14-8-5-9-15-26/h4-21,23-24,38H,22H2,1-3H3,(H,39,40). The van der Waals surface area contributed by atoms with Crippen molar-refractivity contribution in [2.24, 2.45) is 0 Å². The van der Waals surface area contributed by atoms with Crippen LogP contribution < -0.4 is 10.6 Å². The first kappa shape index (κ1) is 28.3. The number of hydrogen-bond donors (Lipinski definition) is 2. The maximum Gasteiger partial charge on any atom is 0.340 e. The molecule has 210 valence electrons. The quantitative estimate of drug-likeness (QED) is 0.189. The number of anilines is 2. The number of amides is 1. The fourth-order valence-electron chi connectivity index (χ4n) is 4.56. The molecule has 0 aliphatic carbocycles. The molecule has 0 bridgehead atoms. The van der Waals surface area contributed by atoms with Gasteiger partial charge < -0.3 is 15.4 Å². The summed E-state index contributed by atoms with van der Waals surface area (Å²) in [6.45, 7) is 6.09. The van der Waals surface area contributed by atoms with Gasteiger partial charge in [-0.25, -0.2) is 4.79 Å². The van der Waals surface area contributed by atoms with Gasteiger partial charge in [-0.3, -0.25) is 9.78 Å². The van der Waals surface area contributed by atoms with Crippen LogP contribution >= 0.6 is 0 Å². The van der Waals surface area contributed by atoms with Gasteiger partial charge in [0, 0.05) is 35.8 Å². The number of nitrogens with one attached hydrogen (secondary N) is 2. The van der Waals surface area contributed by atoms with Crippen molar-refractivity contribution in [2.75, 3.05) is 10.6 Å². The smallest absolute Gasteiger partial charge is 0.340 e. The lowest BCUT2D eigenvalue weighted by Gasteiger charge is -2.21. The van der Waals surface area contributed by atoms with Crippen LogP contribution in [0.2, 0.25) is 0 Å². The summed E-state index contributed by atoms with van der Waals surface area (Å²) >= 11 is 0. The van der Waals surface area contributed by atoms with E-state index in [0.29, 0.717) is 17.8 Å². The average molecular weight is 556 g/mol. The summed E-state index contributed by atoms with van der Waals surface area (Å²) in [7, 11) is 0. The molecule has 1 amide bonds. The molecule has 0 spiro atoms. The largest absolute Gasteiger partial charge is 0.456 e. The van der Waals surface area contributed by atoms with Crippen LogP contribution in [-0.4, -0.2) is 22.5 Å². The minimum Gasteiger partial charge on any atom is -0.456 e. The first-order valence-electron chi connectivity index (χ1n) is 13.8. The van der Waals surface area contributed by atoms with Crippen LogP contribution in [0.3, 0.4) is 0 Å². The van der Waals surface area contributed by atoms with Gasteiger partial charge in [0.05, 0.1) is 16.8 Å². The Morgan fingerprint density at radius 2 is 1.40 bits per heavy atom. The van der Waals surface area contributed by atoms with Gasteiger partial charge in [-0.1, -0.05) is 84.9 Å². The van der Waals surface area contributed by atoms with E-state index in [-0.39, 0.29) is 11.5 Å². The van der Waals surface area contributed by atoms with Crippen LogP contribution in [0.5, 0.6) is 0 Å². The number of para-hydroxylation sites is 1. The molecule has 1 heterocycles. The molecule has 0 saturated carbocycles. The zero-order chi connectivity index (χ0) is 29.5. The molecule has 0 atom stereocenters. The van der Waals surface area contributed by atoms with Crippen molar-refractivity contribution >= 4 is 23.3 Å². The maximum atomic E-state index is 13.5. The highest BCUT2D eigenvalue weighted by Gasteiger charge is 2.22. The number of benzene rings is 4. The Bertz CT molecular complexity index is 1690. The molecule has 4 aromatic carbocycles. The molecule has 2 N–H and O–H groups in total. The molecule has 0 aliphatic rings. The lowest BCUT2D eigenvalue weighted by molar-refractivity contribution is 0.00708. The molecule has 0 saturated heterocycles. The molecule has 0 fully saturated rings. The summed E-state index contributed by atoms with van der Waals surface area (Å²) in [5.74, 6) is -0.895.